The van der Waals surface area contributed by atoms with Gasteiger partial charge < -0.3 is 47.4 Å². The molecule has 17 rings (SSSR count). The molecule has 0 amide bonds. The monoisotopic (exact) mass is 1220 g/mol. The summed E-state index contributed by atoms with van der Waals surface area (Å²) in [4.78, 5) is 43.3. The van der Waals surface area contributed by atoms with Gasteiger partial charge in [0.25, 0.3) is 0 Å². The van der Waals surface area contributed by atoms with E-state index in [-0.39, 0.29) is 57.7 Å². The Labute approximate surface area is 500 Å². The van der Waals surface area contributed by atoms with Gasteiger partial charge in [0, 0.05) is 111 Å². The van der Waals surface area contributed by atoms with Gasteiger partial charge in [0.2, 0.25) is 16.7 Å². The maximum absolute atomic E-state index is 12.2. The molecule has 2 aromatic carbocycles. The van der Waals surface area contributed by atoms with Crippen LogP contribution < -0.4 is 15.3 Å². The summed E-state index contributed by atoms with van der Waals surface area (Å²) in [5, 5.41) is 3.56. The first-order chi connectivity index (χ1) is 41.4. The van der Waals surface area contributed by atoms with Crippen LogP contribution in [-0.4, -0.2) is 185 Å². The van der Waals surface area contributed by atoms with Gasteiger partial charge in [-0.1, -0.05) is 24.3 Å². The number of rotatable bonds is 8. The summed E-state index contributed by atoms with van der Waals surface area (Å²) in [6.45, 7) is 16.1. The average molecular weight is 1220 g/mol. The summed E-state index contributed by atoms with van der Waals surface area (Å²) < 4.78 is 83.9. The van der Waals surface area contributed by atoms with Crippen molar-refractivity contribution in [1.82, 2.24) is 49.7 Å². The van der Waals surface area contributed by atoms with Gasteiger partial charge in [0.15, 0.2) is 48.3 Å². The maximum atomic E-state index is 12.2. The maximum Gasteiger partial charge on any atom is 0.495 e. The van der Waals surface area contributed by atoms with Crippen molar-refractivity contribution >= 4 is 122 Å². The van der Waals surface area contributed by atoms with Crippen LogP contribution in [0.25, 0.3) is 77.6 Å². The van der Waals surface area contributed by atoms with Crippen molar-refractivity contribution in [2.24, 2.45) is 0 Å². The molecule has 7 aliphatic rings. The van der Waals surface area contributed by atoms with Crippen LogP contribution in [0.15, 0.2) is 94.3 Å². The zero-order valence-corrected chi connectivity index (χ0v) is 50.4. The molecule has 2 N–H and O–H groups in total. The highest BCUT2D eigenvalue weighted by Crippen LogP contribution is 2.41. The SMILES string of the molecule is CC1(C)OB(c2cccc3[nH]ccc23)OC1(C)C.O=S1(=O)C[C@@H]2C[C@H]1CN2Cc1cnc2oc3c(N4CCOCC4)nc(-c4cccc5[nH]ccc45)nc3c2c1.O=S1(=O)C[C@@H]2C[C@H]1CN2Cc1cnc2oc3c(N4CCOCC4)nc(Cl)nc3c2c1. The highest BCUT2D eigenvalue weighted by atomic mass is 35.5. The number of furan rings is 2. The van der Waals surface area contributed by atoms with Gasteiger partial charge in [0.05, 0.1) is 70.4 Å². The fourth-order valence-corrected chi connectivity index (χ4v) is 17.7. The van der Waals surface area contributed by atoms with Gasteiger partial charge in [-0.25, -0.2) is 41.8 Å². The topological polar surface area (TPSA) is 253 Å². The number of fused-ring (bicyclic) bond motifs is 12. The van der Waals surface area contributed by atoms with Crippen molar-refractivity contribution in [3.05, 3.63) is 102 Å². The Balaban J connectivity index is 0.000000116. The van der Waals surface area contributed by atoms with Gasteiger partial charge in [-0.15, -0.1) is 0 Å². The lowest BCUT2D eigenvalue weighted by atomic mass is 9.77. The van der Waals surface area contributed by atoms with Crippen molar-refractivity contribution < 1.29 is 44.5 Å². The predicted molar refractivity (Wildman–Crippen MR) is 329 cm³/mol. The quantitative estimate of drug-likeness (QED) is 0.112. The molecule has 7 aliphatic heterocycles. The second-order valence-electron chi connectivity index (χ2n) is 24.5. The third-order valence-electron chi connectivity index (χ3n) is 18.6. The van der Waals surface area contributed by atoms with E-state index in [0.717, 1.165) is 92.0 Å². The number of aromatic nitrogens is 8. The molecule has 22 nitrogen and oxygen atoms in total. The number of benzene rings is 2. The molecule has 7 saturated heterocycles. The van der Waals surface area contributed by atoms with Crippen LogP contribution >= 0.6 is 11.6 Å². The second-order valence-corrected chi connectivity index (χ2v) is 29.5. The third kappa shape index (κ3) is 9.95. The number of pyridine rings is 2. The number of likely N-dealkylation sites (tertiary alicyclic amines) is 2. The van der Waals surface area contributed by atoms with Crippen LogP contribution in [0.4, 0.5) is 11.6 Å². The molecule has 0 saturated carbocycles. The van der Waals surface area contributed by atoms with Gasteiger partial charge in [-0.2, -0.15) is 4.98 Å². The highest BCUT2D eigenvalue weighted by molar-refractivity contribution is 7.92. The summed E-state index contributed by atoms with van der Waals surface area (Å²) in [7, 11) is -6.13. The first-order valence-electron chi connectivity index (χ1n) is 29.3. The summed E-state index contributed by atoms with van der Waals surface area (Å²) in [6, 6.07) is 20.6. The molecule has 7 fully saturated rings. The minimum Gasteiger partial charge on any atom is -0.432 e. The van der Waals surface area contributed by atoms with Crippen LogP contribution in [0, 0.1) is 0 Å². The molecule has 0 radical (unpaired) electrons. The number of ether oxygens (including phenoxy) is 2. The number of halogens is 1. The largest absolute Gasteiger partial charge is 0.495 e. The fourth-order valence-electron chi connectivity index (χ4n) is 13.3. The van der Waals surface area contributed by atoms with E-state index in [2.05, 4.69) is 101 Å². The van der Waals surface area contributed by atoms with Gasteiger partial charge >= 0.3 is 7.12 Å². The van der Waals surface area contributed by atoms with E-state index < -0.39 is 19.7 Å². The molecular weight excluding hydrogens is 1160 g/mol. The fraction of sp³-hybridized carbons (Fsp3) is 0.433. The first kappa shape index (κ1) is 55.8. The molecular formula is C60H64BClN12O10S2. The Bertz CT molecular complexity index is 4510. The third-order valence-corrected chi connectivity index (χ3v) is 23.2. The number of H-pyrrole nitrogens is 2. The van der Waals surface area contributed by atoms with Crippen LogP contribution in [0.5, 0.6) is 0 Å². The van der Waals surface area contributed by atoms with E-state index in [1.54, 1.807) is 6.20 Å². The first-order valence-corrected chi connectivity index (χ1v) is 33.1. The van der Waals surface area contributed by atoms with Crippen LogP contribution in [0.3, 0.4) is 0 Å². The van der Waals surface area contributed by atoms with E-state index in [1.807, 2.05) is 55.0 Å². The number of morpholine rings is 2. The summed E-state index contributed by atoms with van der Waals surface area (Å²) >= 11 is 6.24. The van der Waals surface area contributed by atoms with Crippen LogP contribution in [0.1, 0.15) is 51.7 Å². The molecule has 15 heterocycles. The molecule has 4 bridgehead atoms. The number of aromatic amines is 2. The number of sulfone groups is 2. The lowest BCUT2D eigenvalue weighted by Crippen LogP contribution is -2.41. The zero-order chi connectivity index (χ0) is 58.9. The van der Waals surface area contributed by atoms with Crippen LogP contribution in [-0.2, 0) is 51.5 Å². The highest BCUT2D eigenvalue weighted by Gasteiger charge is 2.52. The molecule has 10 aromatic rings. The van der Waals surface area contributed by atoms with Gasteiger partial charge in [-0.05, 0) is 111 Å². The van der Waals surface area contributed by atoms with E-state index in [1.165, 1.54) is 0 Å². The van der Waals surface area contributed by atoms with Crippen molar-refractivity contribution in [1.29, 1.82) is 0 Å². The number of hydrogen-bond acceptors (Lipinski definition) is 20. The van der Waals surface area contributed by atoms with Crippen molar-refractivity contribution in [3.8, 4) is 11.4 Å². The standard InChI is InChI=1S/C27H26N6O4S.C19H20ClN5O4S.C14H18BNO2/c34-38(35)15-17-11-18(38)14-33(17)13-16-10-21-23-24(37-27(21)29-12-16)26(32-6-8-36-9-7-32)31-25(30-23)20-2-1-3-22-19(20)4-5-28-22;20-19-22-15-14-5-11(8-25-9-13-6-12(25)10-30(13,26)27)7-21-18(14)29-16(15)17(23-19)24-1-3-28-4-2-24;1-13(2)14(3,4)18-15(17-13)11-6-5-7-12-10(11)8-9-16-12/h1-5,10,12,17-18,28H,6-9,11,13-15H2;5,7,12-13H,1-4,6,8-10H2;5-9,16H,1-4H3/t17-,18-;12-,13-;/m00./s1. The Kier molecular flexibility index (Phi) is 13.8. The van der Waals surface area contributed by atoms with Crippen molar-refractivity contribution in [3.63, 3.8) is 0 Å². The Morgan fingerprint density at radius 2 is 1.12 bits per heavy atom. The molecule has 86 heavy (non-hydrogen) atoms. The molecule has 4 atom stereocenters. The minimum atomic E-state index is -2.93. The minimum absolute atomic E-state index is 0.0884. The smallest absolute Gasteiger partial charge is 0.432 e. The molecule has 0 spiro atoms. The zero-order valence-electron chi connectivity index (χ0n) is 48.0. The summed E-state index contributed by atoms with van der Waals surface area (Å²) in [5.41, 5.74) is 9.21. The number of hydrogen-bond donors (Lipinski definition) is 2. The lowest BCUT2D eigenvalue weighted by molar-refractivity contribution is 0.00578. The summed E-state index contributed by atoms with van der Waals surface area (Å²) in [6.07, 6.45) is 8.95. The van der Waals surface area contributed by atoms with Gasteiger partial charge in [-0.3, -0.25) is 9.80 Å². The normalized spacial score (nSPS) is 24.0. The number of nitrogens with zero attached hydrogens (tertiary/aromatic N) is 10. The molecule has 0 aliphatic carbocycles. The predicted octanol–water partition coefficient (Wildman–Crippen LogP) is 7.23. The van der Waals surface area contributed by atoms with Gasteiger partial charge in [0.1, 0.15) is 11.0 Å². The van der Waals surface area contributed by atoms with Crippen molar-refractivity contribution in [2.45, 2.75) is 87.4 Å². The molecule has 8 aromatic heterocycles. The Morgan fingerprint density at radius 1 is 0.616 bits per heavy atom. The molecule has 446 valence electrons. The van der Waals surface area contributed by atoms with E-state index in [4.69, 9.17) is 49.2 Å². The van der Waals surface area contributed by atoms with Crippen molar-refractivity contribution in [2.75, 3.05) is 87.0 Å². The van der Waals surface area contributed by atoms with E-state index in [0.29, 0.717) is 105 Å². The Morgan fingerprint density at radius 3 is 1.64 bits per heavy atom. The van der Waals surface area contributed by atoms with E-state index in [9.17, 15) is 16.8 Å². The lowest BCUT2D eigenvalue weighted by Gasteiger charge is -2.32. The Hall–Kier alpha value is -6.81. The molecule has 0 unspecified atom stereocenters. The van der Waals surface area contributed by atoms with Crippen LogP contribution in [0.2, 0.25) is 5.28 Å². The number of nitrogens with one attached hydrogen (secondary N) is 2. The summed E-state index contributed by atoms with van der Waals surface area (Å²) in [5.74, 6) is 2.57. The average Bonchev–Trinajstić information content (AvgIpc) is 2.51. The second kappa shape index (κ2) is 21.2. The number of anilines is 2. The van der Waals surface area contributed by atoms with E-state index >= 15 is 0 Å². The molecule has 26 heteroatoms.